The smallest absolute Gasteiger partial charge is 0.265 e. The molecule has 1 aromatic heterocycles. The van der Waals surface area contributed by atoms with Crippen molar-refractivity contribution in [1.82, 2.24) is 0 Å². The largest absolute Gasteiger partial charge is 0.497 e. The fourth-order valence-corrected chi connectivity index (χ4v) is 2.95. The standard InChI is InChI=1S/C16H13NO2S/c1-19-13-7-4-6-12(10-13)17-16(18)15-9-11-5-2-3-8-14(11)20-15/h2-10H,1H3,(H,17,18). The fraction of sp³-hybridized carbons (Fsp3) is 0.0625. The summed E-state index contributed by atoms with van der Waals surface area (Å²) in [6.45, 7) is 0. The van der Waals surface area contributed by atoms with E-state index >= 15 is 0 Å². The molecule has 3 nitrogen and oxygen atoms in total. The minimum atomic E-state index is -0.0977. The molecule has 1 heterocycles. The molecule has 0 aliphatic carbocycles. The van der Waals surface area contributed by atoms with E-state index < -0.39 is 0 Å². The van der Waals surface area contributed by atoms with E-state index in [0.29, 0.717) is 4.88 Å². The van der Waals surface area contributed by atoms with Crippen LogP contribution in [0.3, 0.4) is 0 Å². The van der Waals surface area contributed by atoms with E-state index in [1.807, 2.05) is 48.5 Å². The van der Waals surface area contributed by atoms with Gasteiger partial charge in [-0.15, -0.1) is 11.3 Å². The minimum Gasteiger partial charge on any atom is -0.497 e. The van der Waals surface area contributed by atoms with Gasteiger partial charge in [0.25, 0.3) is 5.91 Å². The Morgan fingerprint density at radius 3 is 2.75 bits per heavy atom. The van der Waals surface area contributed by atoms with Gasteiger partial charge in [0.15, 0.2) is 0 Å². The Labute approximate surface area is 120 Å². The normalized spacial score (nSPS) is 10.4. The molecule has 0 saturated carbocycles. The molecule has 0 spiro atoms. The van der Waals surface area contributed by atoms with Gasteiger partial charge in [0.2, 0.25) is 0 Å². The van der Waals surface area contributed by atoms with Gasteiger partial charge in [0, 0.05) is 16.5 Å². The lowest BCUT2D eigenvalue weighted by molar-refractivity contribution is 0.103. The molecular weight excluding hydrogens is 270 g/mol. The highest BCUT2D eigenvalue weighted by Crippen LogP contribution is 2.26. The summed E-state index contributed by atoms with van der Waals surface area (Å²) in [5.41, 5.74) is 0.729. The first kappa shape index (κ1) is 12.7. The Morgan fingerprint density at radius 1 is 1.10 bits per heavy atom. The van der Waals surface area contributed by atoms with Crippen molar-refractivity contribution in [3.8, 4) is 5.75 Å². The Morgan fingerprint density at radius 2 is 1.95 bits per heavy atom. The number of fused-ring (bicyclic) bond motifs is 1. The summed E-state index contributed by atoms with van der Waals surface area (Å²) >= 11 is 1.49. The van der Waals surface area contributed by atoms with E-state index in [2.05, 4.69) is 5.32 Å². The van der Waals surface area contributed by atoms with Crippen LogP contribution < -0.4 is 10.1 Å². The molecule has 0 atom stereocenters. The molecule has 0 saturated heterocycles. The summed E-state index contributed by atoms with van der Waals surface area (Å²) in [5.74, 6) is 0.624. The van der Waals surface area contributed by atoms with E-state index in [-0.39, 0.29) is 5.91 Å². The first-order chi connectivity index (χ1) is 9.76. The van der Waals surface area contributed by atoms with Crippen LogP contribution in [0.25, 0.3) is 10.1 Å². The van der Waals surface area contributed by atoms with Crippen LogP contribution in [0.1, 0.15) is 9.67 Å². The van der Waals surface area contributed by atoms with Gasteiger partial charge in [0.1, 0.15) is 5.75 Å². The first-order valence-corrected chi connectivity index (χ1v) is 7.02. The van der Waals surface area contributed by atoms with Crippen molar-refractivity contribution in [2.75, 3.05) is 12.4 Å². The van der Waals surface area contributed by atoms with Gasteiger partial charge in [-0.05, 0) is 29.7 Å². The van der Waals surface area contributed by atoms with Crippen LogP contribution >= 0.6 is 11.3 Å². The highest BCUT2D eigenvalue weighted by molar-refractivity contribution is 7.20. The highest BCUT2D eigenvalue weighted by Gasteiger charge is 2.10. The minimum absolute atomic E-state index is 0.0977. The number of carbonyl (C=O) groups is 1. The summed E-state index contributed by atoms with van der Waals surface area (Å²) in [5, 5.41) is 3.98. The number of hydrogen-bond donors (Lipinski definition) is 1. The van der Waals surface area contributed by atoms with Crippen molar-refractivity contribution in [3.63, 3.8) is 0 Å². The maximum atomic E-state index is 12.2. The van der Waals surface area contributed by atoms with E-state index in [1.165, 1.54) is 11.3 Å². The van der Waals surface area contributed by atoms with Gasteiger partial charge in [-0.25, -0.2) is 0 Å². The van der Waals surface area contributed by atoms with Gasteiger partial charge < -0.3 is 10.1 Å². The van der Waals surface area contributed by atoms with Crippen LogP contribution in [-0.2, 0) is 0 Å². The molecule has 0 aliphatic rings. The van der Waals surface area contributed by atoms with E-state index in [0.717, 1.165) is 21.5 Å². The molecule has 0 bridgehead atoms. The molecule has 20 heavy (non-hydrogen) atoms. The Hall–Kier alpha value is -2.33. The van der Waals surface area contributed by atoms with Crippen LogP contribution in [0.2, 0.25) is 0 Å². The number of ether oxygens (including phenoxy) is 1. The second-order valence-electron chi connectivity index (χ2n) is 4.33. The van der Waals surface area contributed by atoms with Crippen LogP contribution in [0.4, 0.5) is 5.69 Å². The van der Waals surface area contributed by atoms with Crippen LogP contribution in [-0.4, -0.2) is 13.0 Å². The summed E-state index contributed by atoms with van der Waals surface area (Å²) in [6.07, 6.45) is 0. The van der Waals surface area contributed by atoms with Crippen molar-refractivity contribution >= 4 is 33.0 Å². The Kier molecular flexibility index (Phi) is 3.39. The van der Waals surface area contributed by atoms with Crippen LogP contribution in [0.5, 0.6) is 5.75 Å². The quantitative estimate of drug-likeness (QED) is 0.783. The number of thiophene rings is 1. The fourth-order valence-electron chi connectivity index (χ4n) is 1.99. The zero-order valence-corrected chi connectivity index (χ0v) is 11.7. The van der Waals surface area contributed by atoms with Crippen LogP contribution in [0.15, 0.2) is 54.6 Å². The van der Waals surface area contributed by atoms with Gasteiger partial charge in [0.05, 0.1) is 12.0 Å². The molecular formula is C16H13NO2S. The number of hydrogen-bond acceptors (Lipinski definition) is 3. The highest BCUT2D eigenvalue weighted by atomic mass is 32.1. The van der Waals surface area contributed by atoms with Gasteiger partial charge in [-0.1, -0.05) is 24.3 Å². The third-order valence-electron chi connectivity index (χ3n) is 2.98. The number of rotatable bonds is 3. The Balaban J connectivity index is 1.85. The molecule has 3 rings (SSSR count). The van der Waals surface area contributed by atoms with E-state index in [9.17, 15) is 4.79 Å². The molecule has 2 aromatic carbocycles. The predicted molar refractivity (Wildman–Crippen MR) is 82.8 cm³/mol. The Bertz CT molecular complexity index is 731. The second kappa shape index (κ2) is 5.35. The monoisotopic (exact) mass is 283 g/mol. The lowest BCUT2D eigenvalue weighted by Crippen LogP contribution is -2.09. The molecule has 0 fully saturated rings. The maximum Gasteiger partial charge on any atom is 0.265 e. The van der Waals surface area contributed by atoms with Crippen molar-refractivity contribution < 1.29 is 9.53 Å². The van der Waals surface area contributed by atoms with E-state index in [4.69, 9.17) is 4.74 Å². The first-order valence-electron chi connectivity index (χ1n) is 6.20. The van der Waals surface area contributed by atoms with Crippen molar-refractivity contribution in [3.05, 3.63) is 59.5 Å². The van der Waals surface area contributed by atoms with Gasteiger partial charge in [-0.3, -0.25) is 4.79 Å². The summed E-state index contributed by atoms with van der Waals surface area (Å²) in [6, 6.07) is 17.2. The molecule has 1 N–H and O–H groups in total. The maximum absolute atomic E-state index is 12.2. The summed E-state index contributed by atoms with van der Waals surface area (Å²) < 4.78 is 6.26. The van der Waals surface area contributed by atoms with Crippen molar-refractivity contribution in [1.29, 1.82) is 0 Å². The zero-order chi connectivity index (χ0) is 13.9. The van der Waals surface area contributed by atoms with Gasteiger partial charge >= 0.3 is 0 Å². The van der Waals surface area contributed by atoms with E-state index in [1.54, 1.807) is 13.2 Å². The van der Waals surface area contributed by atoms with Crippen molar-refractivity contribution in [2.45, 2.75) is 0 Å². The number of methoxy groups -OCH3 is 1. The molecule has 100 valence electrons. The number of amides is 1. The van der Waals surface area contributed by atoms with Gasteiger partial charge in [-0.2, -0.15) is 0 Å². The lowest BCUT2D eigenvalue weighted by Gasteiger charge is -2.05. The SMILES string of the molecule is COc1cccc(NC(=O)c2cc3ccccc3s2)c1. The van der Waals surface area contributed by atoms with Crippen molar-refractivity contribution in [2.24, 2.45) is 0 Å². The molecule has 0 aliphatic heterocycles. The summed E-state index contributed by atoms with van der Waals surface area (Å²) in [7, 11) is 1.60. The molecule has 0 unspecified atom stereocenters. The number of carbonyl (C=O) groups excluding carboxylic acids is 1. The molecule has 3 aromatic rings. The second-order valence-corrected chi connectivity index (χ2v) is 5.42. The summed E-state index contributed by atoms with van der Waals surface area (Å²) in [4.78, 5) is 12.9. The number of benzene rings is 2. The number of anilines is 1. The third-order valence-corrected chi connectivity index (χ3v) is 4.09. The number of nitrogens with one attached hydrogen (secondary N) is 1. The molecule has 4 heteroatoms. The van der Waals surface area contributed by atoms with Crippen LogP contribution in [0, 0.1) is 0 Å². The third kappa shape index (κ3) is 2.51. The average molecular weight is 283 g/mol. The molecule has 1 amide bonds. The molecule has 0 radical (unpaired) electrons. The topological polar surface area (TPSA) is 38.3 Å². The predicted octanol–water partition coefficient (Wildman–Crippen LogP) is 4.16. The zero-order valence-electron chi connectivity index (χ0n) is 10.9. The lowest BCUT2D eigenvalue weighted by atomic mass is 10.2. The average Bonchev–Trinajstić information content (AvgIpc) is 2.91.